The molecular weight excluding hydrogens is 309 g/mol. The van der Waals surface area contributed by atoms with E-state index < -0.39 is 6.10 Å². The number of aliphatic hydroxyl groups is 1. The first-order valence-corrected chi connectivity index (χ1v) is 5.65. The van der Waals surface area contributed by atoms with Gasteiger partial charge in [0.25, 0.3) is 0 Å². The summed E-state index contributed by atoms with van der Waals surface area (Å²) >= 11 is 3.35. The van der Waals surface area contributed by atoms with E-state index in [1.165, 1.54) is 0 Å². The quantitative estimate of drug-likeness (QED) is 0.891. The highest BCUT2D eigenvalue weighted by molar-refractivity contribution is 9.10. The van der Waals surface area contributed by atoms with Gasteiger partial charge in [-0.15, -0.1) is 12.4 Å². The average molecular weight is 327 g/mol. The molecule has 0 aromatic heterocycles. The largest absolute Gasteiger partial charge is 0.496 e. The van der Waals surface area contributed by atoms with Crippen LogP contribution in [-0.2, 0) is 0 Å². The maximum atomic E-state index is 9.94. The number of halogens is 2. The first-order chi connectivity index (χ1) is 7.51. The average Bonchev–Trinajstić information content (AvgIpc) is 2.27. The van der Waals surface area contributed by atoms with Gasteiger partial charge in [0.15, 0.2) is 0 Å². The Labute approximate surface area is 116 Å². The minimum absolute atomic E-state index is 0. The molecule has 0 aliphatic carbocycles. The zero-order valence-corrected chi connectivity index (χ0v) is 12.3. The van der Waals surface area contributed by atoms with Gasteiger partial charge in [0.2, 0.25) is 0 Å². The zero-order chi connectivity index (χ0) is 12.3. The molecule has 2 atom stereocenters. The summed E-state index contributed by atoms with van der Waals surface area (Å²) in [5.74, 6) is 1.22. The fourth-order valence-corrected chi connectivity index (χ4v) is 1.88. The molecule has 0 spiro atoms. The summed E-state index contributed by atoms with van der Waals surface area (Å²) in [5.41, 5.74) is 6.29. The van der Waals surface area contributed by atoms with Crippen LogP contribution in [0.25, 0.3) is 0 Å². The van der Waals surface area contributed by atoms with Crippen LogP contribution in [0.2, 0.25) is 0 Å². The molecule has 0 aliphatic rings. The summed E-state index contributed by atoms with van der Waals surface area (Å²) < 4.78 is 11.1. The lowest BCUT2D eigenvalue weighted by atomic mass is 10.0. The van der Waals surface area contributed by atoms with Crippen LogP contribution in [0.15, 0.2) is 16.6 Å². The Hall–Kier alpha value is -0.490. The van der Waals surface area contributed by atoms with Gasteiger partial charge < -0.3 is 20.3 Å². The Bertz CT molecular complexity index is 374. The van der Waals surface area contributed by atoms with Gasteiger partial charge in [-0.05, 0) is 35.0 Å². The van der Waals surface area contributed by atoms with E-state index in [2.05, 4.69) is 15.9 Å². The van der Waals surface area contributed by atoms with Crippen LogP contribution in [0.4, 0.5) is 0 Å². The molecule has 0 radical (unpaired) electrons. The fourth-order valence-electron chi connectivity index (χ4n) is 1.40. The number of methoxy groups -OCH3 is 2. The third-order valence-electron chi connectivity index (χ3n) is 2.32. The van der Waals surface area contributed by atoms with Crippen molar-refractivity contribution < 1.29 is 14.6 Å². The molecule has 0 saturated carbocycles. The Morgan fingerprint density at radius 3 is 2.18 bits per heavy atom. The Morgan fingerprint density at radius 2 is 1.76 bits per heavy atom. The van der Waals surface area contributed by atoms with E-state index in [1.54, 1.807) is 33.3 Å². The number of rotatable bonds is 4. The molecule has 98 valence electrons. The van der Waals surface area contributed by atoms with Crippen molar-refractivity contribution in [2.75, 3.05) is 14.2 Å². The van der Waals surface area contributed by atoms with E-state index in [0.29, 0.717) is 17.1 Å². The molecule has 1 aromatic rings. The number of nitrogens with two attached hydrogens (primary N) is 1. The van der Waals surface area contributed by atoms with Gasteiger partial charge in [0.05, 0.1) is 24.8 Å². The van der Waals surface area contributed by atoms with Gasteiger partial charge in [0.1, 0.15) is 11.5 Å². The second kappa shape index (κ2) is 7.06. The number of hydrogen-bond donors (Lipinski definition) is 2. The minimum Gasteiger partial charge on any atom is -0.496 e. The number of benzene rings is 1. The Balaban J connectivity index is 0.00000256. The molecule has 0 aliphatic heterocycles. The van der Waals surface area contributed by atoms with Crippen molar-refractivity contribution in [3.63, 3.8) is 0 Å². The van der Waals surface area contributed by atoms with Crippen LogP contribution >= 0.6 is 28.3 Å². The first-order valence-electron chi connectivity index (χ1n) is 4.86. The standard InChI is InChI=1S/C11H16BrNO3.ClH/c1-6(13)11(14)7-4-10(16-3)8(12)5-9(7)15-2;/h4-6,11,14H,13H2,1-3H3;1H/t6-,11-;/m0./s1. The molecular formula is C11H17BrClNO3. The van der Waals surface area contributed by atoms with E-state index in [-0.39, 0.29) is 18.4 Å². The van der Waals surface area contributed by atoms with Gasteiger partial charge in [-0.2, -0.15) is 0 Å². The topological polar surface area (TPSA) is 64.7 Å². The SMILES string of the molecule is COc1cc([C@@H](O)[C@H](C)N)c(OC)cc1Br.Cl. The van der Waals surface area contributed by atoms with Gasteiger partial charge >= 0.3 is 0 Å². The third kappa shape index (κ3) is 3.74. The number of aliphatic hydroxyl groups excluding tert-OH is 1. The van der Waals surface area contributed by atoms with Crippen molar-refractivity contribution >= 4 is 28.3 Å². The van der Waals surface area contributed by atoms with Crippen LogP contribution in [0.5, 0.6) is 11.5 Å². The summed E-state index contributed by atoms with van der Waals surface area (Å²) in [7, 11) is 3.11. The van der Waals surface area contributed by atoms with E-state index in [0.717, 1.165) is 4.47 Å². The van der Waals surface area contributed by atoms with Crippen molar-refractivity contribution in [2.24, 2.45) is 5.73 Å². The van der Waals surface area contributed by atoms with Gasteiger partial charge in [0, 0.05) is 11.6 Å². The summed E-state index contributed by atoms with van der Waals surface area (Å²) in [6, 6.07) is 3.09. The molecule has 17 heavy (non-hydrogen) atoms. The summed E-state index contributed by atoms with van der Waals surface area (Å²) in [5, 5.41) is 9.94. The molecule has 1 rings (SSSR count). The number of hydrogen-bond acceptors (Lipinski definition) is 4. The maximum absolute atomic E-state index is 9.94. The van der Waals surface area contributed by atoms with Crippen LogP contribution in [-0.4, -0.2) is 25.4 Å². The monoisotopic (exact) mass is 325 g/mol. The Kier molecular flexibility index (Phi) is 6.85. The summed E-state index contributed by atoms with van der Waals surface area (Å²) in [6.07, 6.45) is -0.781. The van der Waals surface area contributed by atoms with Gasteiger partial charge in [-0.25, -0.2) is 0 Å². The lowest BCUT2D eigenvalue weighted by molar-refractivity contribution is 0.149. The third-order valence-corrected chi connectivity index (χ3v) is 2.94. The molecule has 6 heteroatoms. The van der Waals surface area contributed by atoms with E-state index in [4.69, 9.17) is 15.2 Å². The van der Waals surface area contributed by atoms with Crippen molar-refractivity contribution in [3.05, 3.63) is 22.2 Å². The molecule has 3 N–H and O–H groups in total. The van der Waals surface area contributed by atoms with Crippen molar-refractivity contribution in [3.8, 4) is 11.5 Å². The number of ether oxygens (including phenoxy) is 2. The van der Waals surface area contributed by atoms with Crippen molar-refractivity contribution in [2.45, 2.75) is 19.1 Å². The predicted molar refractivity (Wildman–Crippen MR) is 73.1 cm³/mol. The predicted octanol–water partition coefficient (Wildman–Crippen LogP) is 2.27. The second-order valence-corrected chi connectivity index (χ2v) is 4.39. The van der Waals surface area contributed by atoms with Crippen LogP contribution < -0.4 is 15.2 Å². The highest BCUT2D eigenvalue weighted by atomic mass is 79.9. The fraction of sp³-hybridized carbons (Fsp3) is 0.455. The van der Waals surface area contributed by atoms with Gasteiger partial charge in [-0.3, -0.25) is 0 Å². The smallest absolute Gasteiger partial charge is 0.133 e. The normalized spacial score (nSPS) is 13.5. The van der Waals surface area contributed by atoms with Crippen LogP contribution in [0.3, 0.4) is 0 Å². The van der Waals surface area contributed by atoms with Crippen LogP contribution in [0, 0.1) is 0 Å². The van der Waals surface area contributed by atoms with E-state index in [9.17, 15) is 5.11 Å². The molecule has 0 fully saturated rings. The second-order valence-electron chi connectivity index (χ2n) is 3.53. The maximum Gasteiger partial charge on any atom is 0.133 e. The van der Waals surface area contributed by atoms with Crippen LogP contribution in [0.1, 0.15) is 18.6 Å². The highest BCUT2D eigenvalue weighted by Crippen LogP contribution is 2.36. The zero-order valence-electron chi connectivity index (χ0n) is 9.94. The molecule has 0 amide bonds. The lowest BCUT2D eigenvalue weighted by Crippen LogP contribution is -2.24. The minimum atomic E-state index is -0.781. The summed E-state index contributed by atoms with van der Waals surface area (Å²) in [6.45, 7) is 1.73. The van der Waals surface area contributed by atoms with E-state index >= 15 is 0 Å². The van der Waals surface area contributed by atoms with Crippen molar-refractivity contribution in [1.29, 1.82) is 0 Å². The van der Waals surface area contributed by atoms with Gasteiger partial charge in [-0.1, -0.05) is 0 Å². The first kappa shape index (κ1) is 16.5. The Morgan fingerprint density at radius 1 is 1.24 bits per heavy atom. The molecule has 0 bridgehead atoms. The summed E-state index contributed by atoms with van der Waals surface area (Å²) in [4.78, 5) is 0. The van der Waals surface area contributed by atoms with Crippen molar-refractivity contribution in [1.82, 2.24) is 0 Å². The molecule has 0 heterocycles. The van der Waals surface area contributed by atoms with E-state index in [1.807, 2.05) is 0 Å². The molecule has 0 unspecified atom stereocenters. The highest BCUT2D eigenvalue weighted by Gasteiger charge is 2.19. The molecule has 4 nitrogen and oxygen atoms in total. The molecule has 1 aromatic carbocycles. The molecule has 0 saturated heterocycles. The lowest BCUT2D eigenvalue weighted by Gasteiger charge is -2.19.